The minimum atomic E-state index is -0.0573. The van der Waals surface area contributed by atoms with Crippen molar-refractivity contribution in [1.29, 1.82) is 0 Å². The molecule has 0 aliphatic carbocycles. The average Bonchev–Trinajstić information content (AvgIpc) is 2.29. The molecule has 6 heteroatoms. The van der Waals surface area contributed by atoms with E-state index in [9.17, 15) is 4.79 Å². The van der Waals surface area contributed by atoms with Gasteiger partial charge in [-0.05, 0) is 43.3 Å². The summed E-state index contributed by atoms with van der Waals surface area (Å²) in [7, 11) is 0. The number of nitrogens with one attached hydrogen (secondary N) is 3. The minimum absolute atomic E-state index is 0.0573. The molecule has 1 aromatic carbocycles. The molecule has 0 saturated heterocycles. The molecule has 0 aromatic heterocycles. The van der Waals surface area contributed by atoms with E-state index in [1.807, 2.05) is 26.0 Å². The first kappa shape index (κ1) is 15.7. The Labute approximate surface area is 123 Å². The van der Waals surface area contributed by atoms with Gasteiger partial charge in [0.15, 0.2) is 5.11 Å². The van der Waals surface area contributed by atoms with Crippen molar-refractivity contribution in [3.63, 3.8) is 0 Å². The highest BCUT2D eigenvalue weighted by atomic mass is 35.5. The van der Waals surface area contributed by atoms with Crippen LogP contribution in [0.4, 0.5) is 5.69 Å². The van der Waals surface area contributed by atoms with E-state index >= 15 is 0 Å². The summed E-state index contributed by atoms with van der Waals surface area (Å²) in [5.74, 6) is -0.0573. The van der Waals surface area contributed by atoms with Gasteiger partial charge in [0, 0.05) is 20.0 Å². The number of carbonyl (C=O) groups is 1. The quantitative estimate of drug-likeness (QED) is 0.590. The Morgan fingerprint density at radius 3 is 2.47 bits per heavy atom. The lowest BCUT2D eigenvalue weighted by Crippen LogP contribution is -2.36. The molecule has 0 radical (unpaired) electrons. The van der Waals surface area contributed by atoms with Crippen LogP contribution in [0.5, 0.6) is 0 Å². The lowest BCUT2D eigenvalue weighted by Gasteiger charge is -2.14. The topological polar surface area (TPSA) is 53.2 Å². The van der Waals surface area contributed by atoms with Crippen molar-refractivity contribution < 1.29 is 4.79 Å². The van der Waals surface area contributed by atoms with E-state index in [0.29, 0.717) is 23.2 Å². The van der Waals surface area contributed by atoms with Crippen LogP contribution in [-0.2, 0) is 4.79 Å². The Balaban J connectivity index is 2.51. The number of halogens is 1. The second-order valence-corrected chi connectivity index (χ2v) is 5.12. The smallest absolute Gasteiger partial charge is 0.216 e. The van der Waals surface area contributed by atoms with Crippen LogP contribution in [0.1, 0.15) is 18.1 Å². The molecule has 3 N–H and O–H groups in total. The maximum atomic E-state index is 10.7. The molecule has 0 atom stereocenters. The van der Waals surface area contributed by atoms with Gasteiger partial charge in [-0.3, -0.25) is 4.79 Å². The normalized spacial score (nSPS) is 9.89. The first-order valence-corrected chi connectivity index (χ1v) is 6.75. The van der Waals surface area contributed by atoms with Crippen LogP contribution < -0.4 is 16.0 Å². The van der Waals surface area contributed by atoms with E-state index in [1.54, 1.807) is 0 Å². The summed E-state index contributed by atoms with van der Waals surface area (Å²) in [6.45, 7) is 6.53. The van der Waals surface area contributed by atoms with E-state index in [1.165, 1.54) is 6.92 Å². The first-order chi connectivity index (χ1) is 8.90. The van der Waals surface area contributed by atoms with Crippen molar-refractivity contribution in [3.05, 3.63) is 28.3 Å². The van der Waals surface area contributed by atoms with Crippen molar-refractivity contribution in [2.24, 2.45) is 0 Å². The number of anilines is 1. The number of aryl methyl sites for hydroxylation is 2. The Bertz CT molecular complexity index is 468. The molecule has 0 unspecified atom stereocenters. The van der Waals surface area contributed by atoms with Crippen LogP contribution in [0.3, 0.4) is 0 Å². The van der Waals surface area contributed by atoms with E-state index in [0.717, 1.165) is 16.8 Å². The maximum absolute atomic E-state index is 10.7. The molecule has 4 nitrogen and oxygen atoms in total. The van der Waals surface area contributed by atoms with E-state index < -0.39 is 0 Å². The molecule has 0 fully saturated rings. The SMILES string of the molecule is CC(=O)NCCNC(=S)Nc1c(C)cc(C)cc1Cl. The van der Waals surface area contributed by atoms with Crippen molar-refractivity contribution >= 4 is 40.5 Å². The zero-order valence-corrected chi connectivity index (χ0v) is 12.8. The van der Waals surface area contributed by atoms with Crippen molar-refractivity contribution in [3.8, 4) is 0 Å². The molecule has 0 heterocycles. The minimum Gasteiger partial charge on any atom is -0.361 e. The van der Waals surface area contributed by atoms with Crippen molar-refractivity contribution in [2.45, 2.75) is 20.8 Å². The third-order valence-corrected chi connectivity index (χ3v) is 3.00. The Morgan fingerprint density at radius 1 is 1.26 bits per heavy atom. The first-order valence-electron chi connectivity index (χ1n) is 5.96. The van der Waals surface area contributed by atoms with Gasteiger partial charge < -0.3 is 16.0 Å². The van der Waals surface area contributed by atoms with Crippen molar-refractivity contribution in [1.82, 2.24) is 10.6 Å². The molecule has 104 valence electrons. The molecule has 0 aliphatic rings. The van der Waals surface area contributed by atoms with Crippen LogP contribution in [0.25, 0.3) is 0 Å². The van der Waals surface area contributed by atoms with Gasteiger partial charge in [-0.25, -0.2) is 0 Å². The maximum Gasteiger partial charge on any atom is 0.216 e. The van der Waals surface area contributed by atoms with Crippen molar-refractivity contribution in [2.75, 3.05) is 18.4 Å². The van der Waals surface area contributed by atoms with E-state index in [4.69, 9.17) is 23.8 Å². The highest BCUT2D eigenvalue weighted by molar-refractivity contribution is 7.80. The van der Waals surface area contributed by atoms with Crippen LogP contribution in [-0.4, -0.2) is 24.1 Å². The number of carbonyl (C=O) groups excluding carboxylic acids is 1. The zero-order chi connectivity index (χ0) is 14.4. The van der Waals surface area contributed by atoms with Crippen LogP contribution in [0, 0.1) is 13.8 Å². The Kier molecular flexibility index (Phi) is 6.05. The lowest BCUT2D eigenvalue weighted by molar-refractivity contribution is -0.118. The molecule has 19 heavy (non-hydrogen) atoms. The third kappa shape index (κ3) is 5.44. The highest BCUT2D eigenvalue weighted by Crippen LogP contribution is 2.27. The zero-order valence-electron chi connectivity index (χ0n) is 11.3. The summed E-state index contributed by atoms with van der Waals surface area (Å²) >= 11 is 11.3. The second kappa shape index (κ2) is 7.31. The summed E-state index contributed by atoms with van der Waals surface area (Å²) in [5.41, 5.74) is 2.96. The van der Waals surface area contributed by atoms with Gasteiger partial charge in [0.05, 0.1) is 10.7 Å². The molecule has 1 rings (SSSR count). The predicted molar refractivity (Wildman–Crippen MR) is 83.8 cm³/mol. The van der Waals surface area contributed by atoms with Crippen LogP contribution in [0.2, 0.25) is 5.02 Å². The number of benzene rings is 1. The van der Waals surface area contributed by atoms with Crippen LogP contribution >= 0.6 is 23.8 Å². The summed E-state index contributed by atoms with van der Waals surface area (Å²) in [5, 5.41) is 9.88. The fraction of sp³-hybridized carbons (Fsp3) is 0.385. The molecule has 1 amide bonds. The summed E-state index contributed by atoms with van der Waals surface area (Å²) in [6.07, 6.45) is 0. The Morgan fingerprint density at radius 2 is 1.89 bits per heavy atom. The van der Waals surface area contributed by atoms with E-state index in [2.05, 4.69) is 16.0 Å². The van der Waals surface area contributed by atoms with Gasteiger partial charge in [0.1, 0.15) is 0 Å². The summed E-state index contributed by atoms with van der Waals surface area (Å²) in [4.78, 5) is 10.7. The van der Waals surface area contributed by atoms with Gasteiger partial charge in [-0.1, -0.05) is 17.7 Å². The van der Waals surface area contributed by atoms with Gasteiger partial charge in [0.25, 0.3) is 0 Å². The average molecular weight is 300 g/mol. The molecular weight excluding hydrogens is 282 g/mol. The standard InChI is InChI=1S/C13H18ClN3OS/c1-8-6-9(2)12(11(14)7-8)17-13(19)16-5-4-15-10(3)18/h6-7H,4-5H2,1-3H3,(H,15,18)(H2,16,17,19). The fourth-order valence-corrected chi connectivity index (χ4v) is 2.22. The number of amides is 1. The fourth-order valence-electron chi connectivity index (χ4n) is 1.65. The third-order valence-electron chi connectivity index (χ3n) is 2.45. The van der Waals surface area contributed by atoms with E-state index in [-0.39, 0.29) is 5.91 Å². The van der Waals surface area contributed by atoms with Gasteiger partial charge in [-0.15, -0.1) is 0 Å². The summed E-state index contributed by atoms with van der Waals surface area (Å²) < 4.78 is 0. The largest absolute Gasteiger partial charge is 0.361 e. The molecule has 0 aliphatic heterocycles. The number of hydrogen-bond donors (Lipinski definition) is 3. The molecule has 0 spiro atoms. The number of rotatable bonds is 4. The molecule has 1 aromatic rings. The van der Waals surface area contributed by atoms with Gasteiger partial charge in [-0.2, -0.15) is 0 Å². The summed E-state index contributed by atoms with van der Waals surface area (Å²) in [6, 6.07) is 3.92. The number of thiocarbonyl (C=S) groups is 1. The molecule has 0 bridgehead atoms. The number of hydrogen-bond acceptors (Lipinski definition) is 2. The van der Waals surface area contributed by atoms with Crippen LogP contribution in [0.15, 0.2) is 12.1 Å². The highest BCUT2D eigenvalue weighted by Gasteiger charge is 2.06. The monoisotopic (exact) mass is 299 g/mol. The lowest BCUT2D eigenvalue weighted by atomic mass is 10.1. The van der Waals surface area contributed by atoms with Gasteiger partial charge >= 0.3 is 0 Å². The Hall–Kier alpha value is -1.33. The predicted octanol–water partition coefficient (Wildman–Crippen LogP) is 2.38. The molecule has 0 saturated carbocycles. The van der Waals surface area contributed by atoms with Gasteiger partial charge in [0.2, 0.25) is 5.91 Å². The second-order valence-electron chi connectivity index (χ2n) is 4.30. The molecular formula is C13H18ClN3OS.